The summed E-state index contributed by atoms with van der Waals surface area (Å²) >= 11 is 6.09. The van der Waals surface area contributed by atoms with Gasteiger partial charge in [0.25, 0.3) is 10.0 Å². The summed E-state index contributed by atoms with van der Waals surface area (Å²) in [6, 6.07) is 11.2. The predicted molar refractivity (Wildman–Crippen MR) is 132 cm³/mol. The Bertz CT molecular complexity index is 1820. The molecule has 0 radical (unpaired) electrons. The SMILES string of the molecule is Cc1ccc(S(=O)(=O)n2ncc3c(-c4nn[nH]n4)cc(-c4cnc(Cl)c(CS(N)(=O)=O)c4)cc32)cc1. The number of aromatic nitrogens is 7. The maximum Gasteiger partial charge on any atom is 0.283 e. The number of nitrogens with one attached hydrogen (secondary N) is 1. The first-order valence-electron chi connectivity index (χ1n) is 10.3. The zero-order valence-corrected chi connectivity index (χ0v) is 20.9. The van der Waals surface area contributed by atoms with Crippen LogP contribution in [0.3, 0.4) is 0 Å². The van der Waals surface area contributed by atoms with E-state index in [1.807, 2.05) is 6.92 Å². The molecule has 36 heavy (non-hydrogen) atoms. The van der Waals surface area contributed by atoms with Gasteiger partial charge in [0.15, 0.2) is 0 Å². The van der Waals surface area contributed by atoms with Gasteiger partial charge in [0.05, 0.1) is 22.4 Å². The zero-order chi connectivity index (χ0) is 25.7. The van der Waals surface area contributed by atoms with E-state index < -0.39 is 25.8 Å². The van der Waals surface area contributed by atoms with Crippen LogP contribution in [0.15, 0.2) is 59.8 Å². The average molecular weight is 545 g/mol. The van der Waals surface area contributed by atoms with Crippen LogP contribution in [0.4, 0.5) is 0 Å². The largest absolute Gasteiger partial charge is 0.283 e. The minimum atomic E-state index is -4.05. The molecule has 0 atom stereocenters. The normalized spacial score (nSPS) is 12.3. The fourth-order valence-electron chi connectivity index (χ4n) is 3.70. The van der Waals surface area contributed by atoms with Crippen LogP contribution >= 0.6 is 11.6 Å². The Morgan fingerprint density at radius 3 is 2.44 bits per heavy atom. The Hall–Kier alpha value is -3.72. The zero-order valence-electron chi connectivity index (χ0n) is 18.5. The number of rotatable bonds is 6. The Morgan fingerprint density at radius 1 is 1.03 bits per heavy atom. The van der Waals surface area contributed by atoms with Crippen LogP contribution in [0.25, 0.3) is 33.4 Å². The summed E-state index contributed by atoms with van der Waals surface area (Å²) in [5, 5.41) is 23.8. The number of aryl methyl sites for hydroxylation is 1. The molecule has 0 fully saturated rings. The lowest BCUT2D eigenvalue weighted by Crippen LogP contribution is -2.15. The van der Waals surface area contributed by atoms with Gasteiger partial charge in [-0.2, -0.15) is 22.8 Å². The first kappa shape index (κ1) is 24.0. The van der Waals surface area contributed by atoms with Gasteiger partial charge in [-0.05, 0) is 48.0 Å². The lowest BCUT2D eigenvalue weighted by Gasteiger charge is -2.11. The molecule has 184 valence electrons. The third-order valence-electron chi connectivity index (χ3n) is 5.39. The molecule has 3 aromatic heterocycles. The van der Waals surface area contributed by atoms with E-state index in [1.165, 1.54) is 30.6 Å². The molecule has 12 nitrogen and oxygen atoms in total. The van der Waals surface area contributed by atoms with Gasteiger partial charge >= 0.3 is 0 Å². The second kappa shape index (κ2) is 8.74. The quantitative estimate of drug-likeness (QED) is 0.303. The number of sulfonamides is 1. The number of halogens is 1. The molecule has 15 heteroatoms. The van der Waals surface area contributed by atoms with Gasteiger partial charge in [0.1, 0.15) is 5.15 Å². The van der Waals surface area contributed by atoms with E-state index in [1.54, 1.807) is 24.3 Å². The molecule has 0 aliphatic carbocycles. The van der Waals surface area contributed by atoms with E-state index in [0.29, 0.717) is 22.1 Å². The lowest BCUT2D eigenvalue weighted by molar-refractivity contribution is 0.582. The molecule has 5 aromatic rings. The monoisotopic (exact) mass is 544 g/mol. The van der Waals surface area contributed by atoms with Crippen molar-refractivity contribution < 1.29 is 16.8 Å². The number of nitrogens with zero attached hydrogens (tertiary/aromatic N) is 6. The van der Waals surface area contributed by atoms with Gasteiger partial charge < -0.3 is 0 Å². The van der Waals surface area contributed by atoms with Crippen LogP contribution in [0, 0.1) is 6.92 Å². The fourth-order valence-corrected chi connectivity index (χ4v) is 5.87. The molecule has 0 saturated heterocycles. The van der Waals surface area contributed by atoms with Crippen LogP contribution in [0.1, 0.15) is 11.1 Å². The first-order valence-corrected chi connectivity index (χ1v) is 13.8. The van der Waals surface area contributed by atoms with Crippen LogP contribution in [-0.4, -0.2) is 51.6 Å². The number of primary sulfonamides is 1. The molecule has 0 bridgehead atoms. The van der Waals surface area contributed by atoms with Crippen LogP contribution in [-0.2, 0) is 25.8 Å². The smallest absolute Gasteiger partial charge is 0.244 e. The van der Waals surface area contributed by atoms with Crippen LogP contribution < -0.4 is 5.14 Å². The number of tetrazole rings is 1. The highest BCUT2D eigenvalue weighted by atomic mass is 35.5. The molecule has 0 aliphatic rings. The Labute approximate surface area is 210 Å². The predicted octanol–water partition coefficient (Wildman–Crippen LogP) is 2.27. The molecular formula is C21H17ClN8O4S2. The number of H-pyrrole nitrogens is 1. The van der Waals surface area contributed by atoms with E-state index in [9.17, 15) is 16.8 Å². The summed E-state index contributed by atoms with van der Waals surface area (Å²) in [7, 11) is -7.93. The van der Waals surface area contributed by atoms with E-state index in [0.717, 1.165) is 9.65 Å². The van der Waals surface area contributed by atoms with Crippen molar-refractivity contribution in [3.8, 4) is 22.5 Å². The maximum atomic E-state index is 13.5. The molecule has 3 heterocycles. The molecular weight excluding hydrogens is 528 g/mol. The topological polar surface area (TPSA) is 179 Å². The van der Waals surface area contributed by atoms with E-state index in [-0.39, 0.29) is 27.0 Å². The van der Waals surface area contributed by atoms with E-state index >= 15 is 0 Å². The standard InChI is InChI=1S/C21H17ClN8O4S2/c1-12-2-4-16(5-3-12)36(33,34)30-19-8-13(7-17(18(19)10-25-30)21-26-28-29-27-21)14-6-15(11-35(23,31)32)20(22)24-9-14/h2-10H,11H2,1H3,(H2,23,31,32)(H,26,27,28,29). The highest BCUT2D eigenvalue weighted by Gasteiger charge is 2.24. The van der Waals surface area contributed by atoms with Crippen molar-refractivity contribution in [3.63, 3.8) is 0 Å². The summed E-state index contributed by atoms with van der Waals surface area (Å²) < 4.78 is 51.1. The molecule has 2 aromatic carbocycles. The molecule has 3 N–H and O–H groups in total. The van der Waals surface area contributed by atoms with Gasteiger partial charge in [-0.1, -0.05) is 29.3 Å². The highest BCUT2D eigenvalue weighted by Crippen LogP contribution is 2.34. The van der Waals surface area contributed by atoms with Crippen molar-refractivity contribution in [2.75, 3.05) is 0 Å². The van der Waals surface area contributed by atoms with Crippen molar-refractivity contribution in [2.24, 2.45) is 5.14 Å². The number of pyridine rings is 1. The molecule has 0 saturated carbocycles. The molecule has 0 aliphatic heterocycles. The van der Waals surface area contributed by atoms with Crippen molar-refractivity contribution in [1.29, 1.82) is 0 Å². The van der Waals surface area contributed by atoms with Crippen molar-refractivity contribution in [1.82, 2.24) is 34.8 Å². The number of fused-ring (bicyclic) bond motifs is 1. The molecule has 0 spiro atoms. The highest BCUT2D eigenvalue weighted by molar-refractivity contribution is 7.90. The van der Waals surface area contributed by atoms with Crippen LogP contribution in [0.5, 0.6) is 0 Å². The van der Waals surface area contributed by atoms with Gasteiger partial charge in [-0.3, -0.25) is 0 Å². The van der Waals surface area contributed by atoms with E-state index in [4.69, 9.17) is 16.7 Å². The van der Waals surface area contributed by atoms with Crippen LogP contribution in [0.2, 0.25) is 5.15 Å². The summed E-state index contributed by atoms with van der Waals surface area (Å²) in [4.78, 5) is 4.14. The maximum absolute atomic E-state index is 13.5. The molecule has 5 rings (SSSR count). The second-order valence-corrected chi connectivity index (χ2v) is 11.7. The average Bonchev–Trinajstić information content (AvgIpc) is 3.50. The van der Waals surface area contributed by atoms with Crippen molar-refractivity contribution >= 4 is 42.6 Å². The second-order valence-electron chi connectivity index (χ2n) is 7.98. The Kier molecular flexibility index (Phi) is 5.83. The summed E-state index contributed by atoms with van der Waals surface area (Å²) in [6.07, 6.45) is 2.84. The van der Waals surface area contributed by atoms with Gasteiger partial charge in [-0.25, -0.2) is 18.5 Å². The summed E-state index contributed by atoms with van der Waals surface area (Å²) in [6.45, 7) is 1.85. The summed E-state index contributed by atoms with van der Waals surface area (Å²) in [5.74, 6) is -0.312. The third kappa shape index (κ3) is 4.46. The van der Waals surface area contributed by atoms with Gasteiger partial charge in [-0.15, -0.1) is 10.2 Å². The number of aromatic amines is 1. The third-order valence-corrected chi connectivity index (χ3v) is 8.06. The Morgan fingerprint density at radius 2 is 1.78 bits per heavy atom. The summed E-state index contributed by atoms with van der Waals surface area (Å²) in [5.41, 5.74) is 2.75. The number of benzene rings is 2. The van der Waals surface area contributed by atoms with Gasteiger partial charge in [0, 0.05) is 28.3 Å². The number of hydrogen-bond acceptors (Lipinski definition) is 9. The molecule has 0 unspecified atom stereocenters. The fraction of sp³-hybridized carbons (Fsp3) is 0.0952. The first-order chi connectivity index (χ1) is 17.0. The minimum absolute atomic E-state index is 0.0146. The van der Waals surface area contributed by atoms with Gasteiger partial charge in [0.2, 0.25) is 15.8 Å². The minimum Gasteiger partial charge on any atom is -0.244 e. The number of hydrogen-bond donors (Lipinski definition) is 2. The van der Waals surface area contributed by atoms with Crippen molar-refractivity contribution in [3.05, 3.63) is 71.1 Å². The van der Waals surface area contributed by atoms with Crippen molar-refractivity contribution in [2.45, 2.75) is 17.6 Å². The van der Waals surface area contributed by atoms with E-state index in [2.05, 4.69) is 30.7 Å². The molecule has 0 amide bonds. The lowest BCUT2D eigenvalue weighted by atomic mass is 10.0. The number of nitrogens with two attached hydrogens (primary N) is 1. The Balaban J connectivity index is 1.75.